The largest absolute Gasteiger partial charge is 0.455 e. The summed E-state index contributed by atoms with van der Waals surface area (Å²) in [7, 11) is 0. The molecule has 1 aliphatic rings. The molecule has 0 saturated heterocycles. The fourth-order valence-corrected chi connectivity index (χ4v) is 3.30. The molecule has 0 unspecified atom stereocenters. The zero-order valence-electron chi connectivity index (χ0n) is 15.8. The number of fused-ring (bicyclic) bond motifs is 1. The molecular weight excluding hydrogens is 370 g/mol. The molecule has 0 radical (unpaired) electrons. The first-order valence-corrected chi connectivity index (χ1v) is 9.24. The Morgan fingerprint density at radius 2 is 1.90 bits per heavy atom. The van der Waals surface area contributed by atoms with Crippen LogP contribution in [0.1, 0.15) is 50.6 Å². The first-order chi connectivity index (χ1) is 14.1. The Labute approximate surface area is 167 Å². The van der Waals surface area contributed by atoms with Crippen LogP contribution in [0.4, 0.5) is 5.69 Å². The van der Waals surface area contributed by atoms with Gasteiger partial charge < -0.3 is 9.73 Å². The summed E-state index contributed by atoms with van der Waals surface area (Å²) < 4.78 is 5.86. The van der Waals surface area contributed by atoms with Crippen LogP contribution in [0.2, 0.25) is 0 Å². The van der Waals surface area contributed by atoms with Gasteiger partial charge in [-0.1, -0.05) is 0 Å². The van der Waals surface area contributed by atoms with Gasteiger partial charge in [0.2, 0.25) is 0 Å². The molecule has 0 aliphatic heterocycles. The van der Waals surface area contributed by atoms with Crippen molar-refractivity contribution in [2.75, 3.05) is 5.32 Å². The van der Waals surface area contributed by atoms with Gasteiger partial charge in [0.15, 0.2) is 5.76 Å². The lowest BCUT2D eigenvalue weighted by Gasteiger charge is -2.13. The molecule has 0 bridgehead atoms. The van der Waals surface area contributed by atoms with Crippen LogP contribution in [-0.4, -0.2) is 27.5 Å². The van der Waals surface area contributed by atoms with Crippen molar-refractivity contribution in [1.82, 2.24) is 15.4 Å². The second-order valence-corrected chi connectivity index (χ2v) is 6.64. The average molecular weight is 389 g/mol. The van der Waals surface area contributed by atoms with Crippen LogP contribution in [0.15, 0.2) is 58.6 Å². The minimum Gasteiger partial charge on any atom is -0.455 e. The number of nitrogens with one attached hydrogen (secondary N) is 2. The van der Waals surface area contributed by atoms with Crippen LogP contribution in [0.25, 0.3) is 0 Å². The molecule has 4 rings (SSSR count). The van der Waals surface area contributed by atoms with Gasteiger partial charge in [0.1, 0.15) is 5.76 Å². The third-order valence-electron chi connectivity index (χ3n) is 4.69. The maximum Gasteiger partial charge on any atom is 0.291 e. The van der Waals surface area contributed by atoms with Gasteiger partial charge in [-0.3, -0.25) is 19.6 Å². The molecule has 1 aliphatic carbocycles. The number of anilines is 1. The van der Waals surface area contributed by atoms with Crippen molar-refractivity contribution in [2.45, 2.75) is 26.2 Å². The van der Waals surface area contributed by atoms with Crippen molar-refractivity contribution in [3.63, 3.8) is 0 Å². The number of hydrogen-bond acceptors (Lipinski definition) is 6. The van der Waals surface area contributed by atoms with Crippen LogP contribution in [0.3, 0.4) is 0 Å². The standard InChI is InChI=1S/C21H19N5O3/c1-13-18-16(25-26-20(27)14-4-3-9-23-12-14)5-2-6-17(18)29-19(13)21(28)24-15-7-10-22-11-8-15/h3-4,7-12H,2,5-6H2,1H3,(H,26,27)(H,22,24,28)/b25-16+. The van der Waals surface area contributed by atoms with Crippen LogP contribution in [-0.2, 0) is 6.42 Å². The molecule has 8 heteroatoms. The van der Waals surface area contributed by atoms with E-state index in [1.54, 1.807) is 42.9 Å². The molecule has 0 spiro atoms. The first-order valence-electron chi connectivity index (χ1n) is 9.24. The highest BCUT2D eigenvalue weighted by Crippen LogP contribution is 2.30. The van der Waals surface area contributed by atoms with E-state index < -0.39 is 0 Å². The van der Waals surface area contributed by atoms with E-state index in [1.165, 1.54) is 6.20 Å². The van der Waals surface area contributed by atoms with Gasteiger partial charge in [0.25, 0.3) is 11.8 Å². The third-order valence-corrected chi connectivity index (χ3v) is 4.69. The van der Waals surface area contributed by atoms with Gasteiger partial charge in [-0.2, -0.15) is 5.10 Å². The van der Waals surface area contributed by atoms with Crippen molar-refractivity contribution in [3.05, 3.63) is 77.3 Å². The lowest BCUT2D eigenvalue weighted by Crippen LogP contribution is -2.22. The monoisotopic (exact) mass is 389 g/mol. The van der Waals surface area contributed by atoms with Crippen molar-refractivity contribution in [3.8, 4) is 0 Å². The number of furan rings is 1. The second-order valence-electron chi connectivity index (χ2n) is 6.64. The average Bonchev–Trinajstić information content (AvgIpc) is 3.10. The number of hydrogen-bond donors (Lipinski definition) is 2. The van der Waals surface area contributed by atoms with Crippen LogP contribution in [0.5, 0.6) is 0 Å². The van der Waals surface area contributed by atoms with Gasteiger partial charge in [0, 0.05) is 48.0 Å². The Morgan fingerprint density at radius 1 is 1.07 bits per heavy atom. The van der Waals surface area contributed by atoms with Crippen LogP contribution < -0.4 is 10.7 Å². The van der Waals surface area contributed by atoms with E-state index in [0.29, 0.717) is 41.1 Å². The lowest BCUT2D eigenvalue weighted by molar-refractivity contribution is 0.0953. The number of carbonyl (C=O) groups is 2. The SMILES string of the molecule is Cc1c(C(=O)Nc2ccncc2)oc2c1/C(=N/NC(=O)c1cccnc1)CCC2. The van der Waals surface area contributed by atoms with Crippen LogP contribution >= 0.6 is 0 Å². The molecule has 2 N–H and O–H groups in total. The quantitative estimate of drug-likeness (QED) is 0.667. The van der Waals surface area contributed by atoms with Crippen molar-refractivity contribution in [1.29, 1.82) is 0 Å². The van der Waals surface area contributed by atoms with E-state index in [9.17, 15) is 9.59 Å². The van der Waals surface area contributed by atoms with E-state index in [1.807, 2.05) is 6.92 Å². The second kappa shape index (κ2) is 8.05. The molecule has 3 aromatic heterocycles. The Hall–Kier alpha value is -3.81. The van der Waals surface area contributed by atoms with Gasteiger partial charge in [-0.05, 0) is 44.0 Å². The summed E-state index contributed by atoms with van der Waals surface area (Å²) in [6.45, 7) is 1.83. The summed E-state index contributed by atoms with van der Waals surface area (Å²) in [5, 5.41) is 7.11. The molecule has 29 heavy (non-hydrogen) atoms. The van der Waals surface area contributed by atoms with E-state index in [-0.39, 0.29) is 17.6 Å². The smallest absolute Gasteiger partial charge is 0.291 e. The lowest BCUT2D eigenvalue weighted by atomic mass is 9.93. The molecule has 3 heterocycles. The van der Waals surface area contributed by atoms with E-state index >= 15 is 0 Å². The topological polar surface area (TPSA) is 109 Å². The van der Waals surface area contributed by atoms with Gasteiger partial charge in [0.05, 0.1) is 11.3 Å². The van der Waals surface area contributed by atoms with Crippen molar-refractivity contribution < 1.29 is 14.0 Å². The molecular formula is C21H19N5O3. The normalized spacial score (nSPS) is 14.3. The van der Waals surface area contributed by atoms with E-state index in [2.05, 4.69) is 25.8 Å². The summed E-state index contributed by atoms with van der Waals surface area (Å²) in [6.07, 6.45) is 8.51. The minimum atomic E-state index is -0.338. The van der Waals surface area contributed by atoms with Gasteiger partial charge in [-0.15, -0.1) is 0 Å². The molecule has 8 nitrogen and oxygen atoms in total. The molecule has 3 aromatic rings. The van der Waals surface area contributed by atoms with E-state index in [4.69, 9.17) is 4.42 Å². The predicted molar refractivity (Wildman–Crippen MR) is 107 cm³/mol. The summed E-state index contributed by atoms with van der Waals surface area (Å²) in [6, 6.07) is 6.77. The number of nitrogens with zero attached hydrogens (tertiary/aromatic N) is 3. The summed E-state index contributed by atoms with van der Waals surface area (Å²) >= 11 is 0. The Morgan fingerprint density at radius 3 is 2.66 bits per heavy atom. The molecule has 2 amide bonds. The Balaban J connectivity index is 1.57. The molecule has 0 saturated carbocycles. The summed E-state index contributed by atoms with van der Waals surface area (Å²) in [4.78, 5) is 32.8. The van der Waals surface area contributed by atoms with Crippen molar-refractivity contribution in [2.24, 2.45) is 5.10 Å². The number of carbonyl (C=O) groups excluding carboxylic acids is 2. The van der Waals surface area contributed by atoms with Crippen LogP contribution in [0, 0.1) is 6.92 Å². The number of hydrazone groups is 1. The highest BCUT2D eigenvalue weighted by molar-refractivity contribution is 6.09. The number of aryl methyl sites for hydroxylation is 1. The number of pyridine rings is 2. The zero-order valence-corrected chi connectivity index (χ0v) is 15.8. The third kappa shape index (κ3) is 3.91. The van der Waals surface area contributed by atoms with E-state index in [0.717, 1.165) is 12.0 Å². The van der Waals surface area contributed by atoms with Crippen molar-refractivity contribution >= 4 is 23.2 Å². The Bertz CT molecular complexity index is 1070. The first kappa shape index (κ1) is 18.5. The molecule has 0 atom stereocenters. The number of aromatic nitrogens is 2. The summed E-state index contributed by atoms with van der Waals surface area (Å²) in [5.74, 6) is 0.291. The highest BCUT2D eigenvalue weighted by Gasteiger charge is 2.28. The Kier molecular flexibility index (Phi) is 5.15. The maximum absolute atomic E-state index is 12.7. The highest BCUT2D eigenvalue weighted by atomic mass is 16.4. The fourth-order valence-electron chi connectivity index (χ4n) is 3.30. The van der Waals surface area contributed by atoms with Gasteiger partial charge in [-0.25, -0.2) is 5.43 Å². The summed E-state index contributed by atoms with van der Waals surface area (Å²) in [5.41, 5.74) is 5.84. The molecule has 146 valence electrons. The molecule has 0 fully saturated rings. The fraction of sp³-hybridized carbons (Fsp3) is 0.190. The number of amides is 2. The minimum absolute atomic E-state index is 0.250. The zero-order chi connectivity index (χ0) is 20.2. The molecule has 0 aromatic carbocycles. The number of rotatable bonds is 4. The van der Waals surface area contributed by atoms with Gasteiger partial charge >= 0.3 is 0 Å². The maximum atomic E-state index is 12.7. The predicted octanol–water partition coefficient (Wildman–Crippen LogP) is 3.10.